The number of rotatable bonds is 3. The molecule has 0 aliphatic rings. The summed E-state index contributed by atoms with van der Waals surface area (Å²) in [6.45, 7) is 0. The summed E-state index contributed by atoms with van der Waals surface area (Å²) in [5.41, 5.74) is 7.13. The lowest BCUT2D eigenvalue weighted by molar-refractivity contribution is 0.0996. The fourth-order valence-corrected chi connectivity index (χ4v) is 2.25. The fraction of sp³-hybridized carbons (Fsp3) is 0.0556. The van der Waals surface area contributed by atoms with Gasteiger partial charge in [-0.05, 0) is 36.4 Å². The van der Waals surface area contributed by atoms with Crippen LogP contribution < -0.4 is 16.0 Å². The summed E-state index contributed by atoms with van der Waals surface area (Å²) >= 11 is 0. The number of nitrogens with two attached hydrogens (primary N) is 1. The average Bonchev–Trinajstić information content (AvgIpc) is 2.60. The van der Waals surface area contributed by atoms with Crippen LogP contribution in [0.3, 0.4) is 0 Å². The predicted octanol–water partition coefficient (Wildman–Crippen LogP) is 2.64. The van der Waals surface area contributed by atoms with E-state index < -0.39 is 5.91 Å². The zero-order chi connectivity index (χ0) is 17.1. The molecule has 0 saturated carbocycles. The topological polar surface area (TPSA) is 102 Å². The molecule has 0 atom stereocenters. The van der Waals surface area contributed by atoms with Gasteiger partial charge in [-0.2, -0.15) is 5.26 Å². The van der Waals surface area contributed by atoms with Crippen molar-refractivity contribution >= 4 is 22.6 Å². The molecule has 3 rings (SSSR count). The normalized spacial score (nSPS) is 11.2. The van der Waals surface area contributed by atoms with Gasteiger partial charge in [0.1, 0.15) is 16.9 Å². The van der Waals surface area contributed by atoms with E-state index in [1.807, 2.05) is 6.07 Å². The SMILES string of the molecule is COc1ccc2cc(C(N)=O)c(=Nc3cccc(C#N)c3)oc2c1. The van der Waals surface area contributed by atoms with E-state index in [2.05, 4.69) is 4.99 Å². The lowest BCUT2D eigenvalue weighted by Crippen LogP contribution is -2.21. The smallest absolute Gasteiger partial charge is 0.254 e. The number of hydrogen-bond donors (Lipinski definition) is 1. The molecule has 0 aliphatic carbocycles. The number of ether oxygens (including phenoxy) is 1. The monoisotopic (exact) mass is 319 g/mol. The molecular formula is C18H13N3O3. The van der Waals surface area contributed by atoms with Gasteiger partial charge >= 0.3 is 0 Å². The first-order valence-corrected chi connectivity index (χ1v) is 7.07. The Labute approximate surface area is 137 Å². The van der Waals surface area contributed by atoms with E-state index in [-0.39, 0.29) is 11.1 Å². The van der Waals surface area contributed by atoms with E-state index >= 15 is 0 Å². The van der Waals surface area contributed by atoms with E-state index in [1.165, 1.54) is 0 Å². The van der Waals surface area contributed by atoms with Crippen LogP contribution in [0, 0.1) is 11.3 Å². The largest absolute Gasteiger partial charge is 0.497 e. The van der Waals surface area contributed by atoms with E-state index in [0.29, 0.717) is 28.0 Å². The third kappa shape index (κ3) is 2.96. The number of benzene rings is 2. The van der Waals surface area contributed by atoms with Gasteiger partial charge in [0.05, 0.1) is 24.4 Å². The Morgan fingerprint density at radius 3 is 2.79 bits per heavy atom. The van der Waals surface area contributed by atoms with Crippen molar-refractivity contribution in [1.82, 2.24) is 0 Å². The minimum atomic E-state index is -0.647. The third-order valence-electron chi connectivity index (χ3n) is 3.43. The van der Waals surface area contributed by atoms with Gasteiger partial charge in [0.25, 0.3) is 5.91 Å². The summed E-state index contributed by atoms with van der Waals surface area (Å²) in [5.74, 6) is -0.0258. The molecule has 1 aromatic heterocycles. The number of carbonyl (C=O) groups is 1. The van der Waals surface area contributed by atoms with Crippen LogP contribution in [0.4, 0.5) is 5.69 Å². The molecule has 6 heteroatoms. The first-order valence-electron chi connectivity index (χ1n) is 7.07. The Hall–Kier alpha value is -3.59. The van der Waals surface area contributed by atoms with Crippen LogP contribution in [-0.4, -0.2) is 13.0 Å². The molecule has 6 nitrogen and oxygen atoms in total. The van der Waals surface area contributed by atoms with Gasteiger partial charge in [-0.3, -0.25) is 4.79 Å². The summed E-state index contributed by atoms with van der Waals surface area (Å²) in [6.07, 6.45) is 0. The van der Waals surface area contributed by atoms with Gasteiger partial charge in [-0.1, -0.05) is 6.07 Å². The van der Waals surface area contributed by atoms with Gasteiger partial charge in [-0.25, -0.2) is 4.99 Å². The van der Waals surface area contributed by atoms with Gasteiger partial charge < -0.3 is 14.9 Å². The minimum absolute atomic E-state index is 0.0818. The van der Waals surface area contributed by atoms with Crippen molar-refractivity contribution < 1.29 is 13.9 Å². The van der Waals surface area contributed by atoms with Crippen LogP contribution in [-0.2, 0) is 0 Å². The first kappa shape index (κ1) is 15.3. The van der Waals surface area contributed by atoms with Crippen molar-refractivity contribution in [2.75, 3.05) is 7.11 Å². The molecular weight excluding hydrogens is 306 g/mol. The molecule has 0 bridgehead atoms. The number of fused-ring (bicyclic) bond motifs is 1. The zero-order valence-electron chi connectivity index (χ0n) is 12.8. The van der Waals surface area contributed by atoms with E-state index in [1.54, 1.807) is 55.6 Å². The Kier molecular flexibility index (Phi) is 4.00. The number of carbonyl (C=O) groups excluding carboxylic acids is 1. The molecule has 0 unspecified atom stereocenters. The molecule has 0 saturated heterocycles. The lowest BCUT2D eigenvalue weighted by Gasteiger charge is -2.04. The quantitative estimate of drug-likeness (QED) is 0.801. The summed E-state index contributed by atoms with van der Waals surface area (Å²) in [6, 6.07) is 15.5. The number of nitriles is 1. The van der Waals surface area contributed by atoms with Gasteiger partial charge in [0.15, 0.2) is 0 Å². The number of methoxy groups -OCH3 is 1. The summed E-state index contributed by atoms with van der Waals surface area (Å²) in [7, 11) is 1.55. The van der Waals surface area contributed by atoms with Crippen molar-refractivity contribution in [2.45, 2.75) is 0 Å². The highest BCUT2D eigenvalue weighted by atomic mass is 16.5. The maximum atomic E-state index is 11.7. The van der Waals surface area contributed by atoms with Crippen molar-refractivity contribution in [3.8, 4) is 11.8 Å². The van der Waals surface area contributed by atoms with Crippen LogP contribution in [0.15, 0.2) is 57.9 Å². The third-order valence-corrected chi connectivity index (χ3v) is 3.43. The van der Waals surface area contributed by atoms with Crippen molar-refractivity contribution in [3.05, 3.63) is 65.2 Å². The number of hydrogen-bond acceptors (Lipinski definition) is 5. The maximum absolute atomic E-state index is 11.7. The second-order valence-corrected chi connectivity index (χ2v) is 5.01. The molecule has 0 spiro atoms. The highest BCUT2D eigenvalue weighted by molar-refractivity contribution is 5.95. The molecule has 0 aliphatic heterocycles. The highest BCUT2D eigenvalue weighted by Gasteiger charge is 2.10. The minimum Gasteiger partial charge on any atom is -0.497 e. The van der Waals surface area contributed by atoms with Gasteiger partial charge in [0.2, 0.25) is 5.55 Å². The number of nitrogens with zero attached hydrogens (tertiary/aromatic N) is 2. The summed E-state index contributed by atoms with van der Waals surface area (Å²) in [4.78, 5) is 16.0. The molecule has 24 heavy (non-hydrogen) atoms. The van der Waals surface area contributed by atoms with E-state index in [4.69, 9.17) is 20.1 Å². The molecule has 3 aromatic rings. The van der Waals surface area contributed by atoms with Crippen molar-refractivity contribution in [3.63, 3.8) is 0 Å². The highest BCUT2D eigenvalue weighted by Crippen LogP contribution is 2.21. The molecule has 0 radical (unpaired) electrons. The Balaban J connectivity index is 2.27. The van der Waals surface area contributed by atoms with Gasteiger partial charge in [0, 0.05) is 11.5 Å². The van der Waals surface area contributed by atoms with Crippen LogP contribution >= 0.6 is 0 Å². The van der Waals surface area contributed by atoms with E-state index in [0.717, 1.165) is 0 Å². The van der Waals surface area contributed by atoms with Crippen LogP contribution in [0.25, 0.3) is 11.0 Å². The molecule has 118 valence electrons. The Morgan fingerprint density at radius 1 is 1.25 bits per heavy atom. The van der Waals surface area contributed by atoms with Crippen LogP contribution in [0.1, 0.15) is 15.9 Å². The predicted molar refractivity (Wildman–Crippen MR) is 87.7 cm³/mol. The number of amides is 1. The maximum Gasteiger partial charge on any atom is 0.254 e. The van der Waals surface area contributed by atoms with E-state index in [9.17, 15) is 4.79 Å². The standard InChI is InChI=1S/C18H13N3O3/c1-23-14-6-5-12-8-15(17(20)22)18(24-16(12)9-14)21-13-4-2-3-11(7-13)10-19/h2-9H,1H3,(H2,20,22). The lowest BCUT2D eigenvalue weighted by atomic mass is 10.1. The molecule has 1 heterocycles. The van der Waals surface area contributed by atoms with Gasteiger partial charge in [-0.15, -0.1) is 0 Å². The van der Waals surface area contributed by atoms with Crippen molar-refractivity contribution in [2.24, 2.45) is 10.7 Å². The molecule has 2 aromatic carbocycles. The number of primary amides is 1. The van der Waals surface area contributed by atoms with Crippen LogP contribution in [0.5, 0.6) is 5.75 Å². The molecule has 2 N–H and O–H groups in total. The van der Waals surface area contributed by atoms with Crippen molar-refractivity contribution in [1.29, 1.82) is 5.26 Å². The fourth-order valence-electron chi connectivity index (χ4n) is 2.25. The summed E-state index contributed by atoms with van der Waals surface area (Å²) in [5, 5.41) is 9.67. The van der Waals surface area contributed by atoms with Crippen LogP contribution in [0.2, 0.25) is 0 Å². The molecule has 0 fully saturated rings. The Morgan fingerprint density at radius 2 is 2.08 bits per heavy atom. The molecule has 1 amide bonds. The average molecular weight is 319 g/mol. The zero-order valence-corrected chi connectivity index (χ0v) is 12.8. The second-order valence-electron chi connectivity index (χ2n) is 5.01. The summed E-state index contributed by atoms with van der Waals surface area (Å²) < 4.78 is 10.9. The first-order chi connectivity index (χ1) is 11.6. The Bertz CT molecular complexity index is 1050. The second kappa shape index (κ2) is 6.26.